The fourth-order valence-electron chi connectivity index (χ4n) is 15.6. The number of hydrogen-bond acceptors (Lipinski definition) is 10. The van der Waals surface area contributed by atoms with Crippen molar-refractivity contribution in [2.24, 2.45) is 22.7 Å². The maximum Gasteiger partial charge on any atom is 0.341 e. The molecule has 558 valence electrons. The molecule has 2 saturated heterocycles. The monoisotopic (exact) mass is 1650 g/mol. The van der Waals surface area contributed by atoms with Crippen LogP contribution in [0.25, 0.3) is 33.4 Å². The number of hydrogen-bond donors (Lipinski definition) is 4. The number of aromatic nitrogens is 4. The van der Waals surface area contributed by atoms with Crippen molar-refractivity contribution in [3.05, 3.63) is 127 Å². The summed E-state index contributed by atoms with van der Waals surface area (Å²) in [5.41, 5.74) is -4.72. The van der Waals surface area contributed by atoms with E-state index in [0.717, 1.165) is 109 Å². The van der Waals surface area contributed by atoms with Crippen LogP contribution in [0.1, 0.15) is 254 Å². The number of carboxylic acid groups (broad SMARTS) is 2. The first-order valence-electron chi connectivity index (χ1n) is 37.2. The third kappa shape index (κ3) is 20.6. The molecule has 2 aliphatic carbocycles. The van der Waals surface area contributed by atoms with Crippen molar-refractivity contribution in [3.8, 4) is 11.4 Å². The Morgan fingerprint density at radius 2 is 0.775 bits per heavy atom. The second-order valence-corrected chi connectivity index (χ2v) is 29.2. The van der Waals surface area contributed by atoms with Crippen LogP contribution in [0.3, 0.4) is 0 Å². The summed E-state index contributed by atoms with van der Waals surface area (Å²) >= 11 is 4.24. The van der Waals surface area contributed by atoms with Gasteiger partial charge in [0.2, 0.25) is 22.7 Å². The lowest BCUT2D eigenvalue weighted by atomic mass is 9.59. The van der Waals surface area contributed by atoms with Crippen LogP contribution in [0, 0.1) is 57.6 Å². The molecule has 102 heavy (non-hydrogen) atoms. The molecule has 2 saturated carbocycles. The first-order valence-corrected chi connectivity index (χ1v) is 43.5. The van der Waals surface area contributed by atoms with Crippen molar-refractivity contribution >= 4 is 94.7 Å². The molecule has 2 aliphatic heterocycles. The minimum absolute atomic E-state index is 0.0285. The fraction of sp³-hybridized carbons (Fsp3) is 0.590. The van der Waals surface area contributed by atoms with Crippen LogP contribution in [0.5, 0.6) is 0 Å². The Morgan fingerprint density at radius 1 is 0.471 bits per heavy atom. The molecule has 4 aliphatic rings. The molecule has 4 fully saturated rings. The van der Waals surface area contributed by atoms with Gasteiger partial charge in [-0.25, -0.2) is 45.9 Å². The molecule has 10 rings (SSSR count). The van der Waals surface area contributed by atoms with E-state index in [-0.39, 0.29) is 91.6 Å². The van der Waals surface area contributed by atoms with E-state index in [1.54, 1.807) is 9.80 Å². The quantitative estimate of drug-likeness (QED) is 0.0162. The van der Waals surface area contributed by atoms with E-state index in [0.29, 0.717) is 51.2 Å². The molecule has 2 amide bonds. The summed E-state index contributed by atoms with van der Waals surface area (Å²) in [6.45, 7) is 10.4. The van der Waals surface area contributed by atoms with Crippen molar-refractivity contribution in [3.63, 3.8) is 0 Å². The minimum Gasteiger partial charge on any atom is -0.477 e. The van der Waals surface area contributed by atoms with Crippen molar-refractivity contribution in [2.75, 3.05) is 36.0 Å². The fourth-order valence-corrected chi connectivity index (χ4v) is 15.6. The summed E-state index contributed by atoms with van der Waals surface area (Å²) in [5.74, 6) is -8.14. The summed E-state index contributed by atoms with van der Waals surface area (Å²) in [7, 11) is 0. The van der Waals surface area contributed by atoms with Gasteiger partial charge in [0.1, 0.15) is 34.4 Å². The molecular formula is C78H102F6I2N8O8. The van der Waals surface area contributed by atoms with Gasteiger partial charge in [0.05, 0.1) is 22.1 Å². The van der Waals surface area contributed by atoms with Crippen LogP contribution in [0.4, 0.5) is 38.0 Å². The number of pyridine rings is 4. The van der Waals surface area contributed by atoms with Gasteiger partial charge in [-0.2, -0.15) is 0 Å². The first kappa shape index (κ1) is 81.4. The number of carbonyl (C=O) groups is 4. The van der Waals surface area contributed by atoms with E-state index in [4.69, 9.17) is 0 Å². The Kier molecular flexibility index (Phi) is 31.2. The summed E-state index contributed by atoms with van der Waals surface area (Å²) in [4.78, 5) is 87.8. The maximum atomic E-state index is 15.6. The number of halogens is 8. The summed E-state index contributed by atoms with van der Waals surface area (Å²) in [6.07, 6.45) is 39.5. The van der Waals surface area contributed by atoms with Crippen LogP contribution >= 0.6 is 37.2 Å². The molecular weight excluding hydrogens is 1540 g/mol. The van der Waals surface area contributed by atoms with Gasteiger partial charge in [-0.1, -0.05) is 195 Å². The Bertz CT molecular complexity index is 3970. The Hall–Kier alpha value is -6.32. The number of carboxylic acids is 2. The van der Waals surface area contributed by atoms with E-state index in [1.165, 1.54) is 141 Å². The van der Waals surface area contributed by atoms with Crippen molar-refractivity contribution < 1.29 is 55.7 Å². The van der Waals surface area contributed by atoms with E-state index >= 15 is 8.78 Å². The smallest absolute Gasteiger partial charge is 0.341 e. The third-order valence-electron chi connectivity index (χ3n) is 21.9. The number of unbranched alkanes of at least 4 members (excludes halogenated alkanes) is 26. The molecule has 6 atom stereocenters. The third-order valence-corrected chi connectivity index (χ3v) is 21.9. The van der Waals surface area contributed by atoms with Crippen LogP contribution < -0.4 is 31.3 Å². The SMILES string of the molecule is CCCCCCCCCCCCCCCC(=O)NC1CC2CN(c3nc4c(cc3F)c(=O)c(C(=O)O)cn4-c3ccc(F)cc3F)CC21C.CCCCCCCCCCCCCCCCCC(=O)NC1CC2CN(c3nc4c(cc3F)c(=O)c(C(=O)O)cn4-c3ccc(F)cc3F)CC21C.II. The van der Waals surface area contributed by atoms with Gasteiger partial charge in [0.15, 0.2) is 34.6 Å². The second kappa shape index (κ2) is 39.2. The van der Waals surface area contributed by atoms with Gasteiger partial charge in [-0.15, -0.1) is 0 Å². The molecule has 16 nitrogen and oxygen atoms in total. The molecule has 6 aromatic rings. The van der Waals surface area contributed by atoms with Gasteiger partial charge >= 0.3 is 11.9 Å². The largest absolute Gasteiger partial charge is 0.477 e. The molecule has 2 aromatic carbocycles. The first-order chi connectivity index (χ1) is 49.1. The lowest BCUT2D eigenvalue weighted by Crippen LogP contribution is -2.59. The second-order valence-electron chi connectivity index (χ2n) is 29.2. The number of carbonyl (C=O) groups excluding carboxylic acids is 2. The highest BCUT2D eigenvalue weighted by atomic mass is 128. The maximum absolute atomic E-state index is 15.6. The van der Waals surface area contributed by atoms with Crippen LogP contribution in [-0.4, -0.2) is 91.3 Å². The average Bonchev–Trinajstić information content (AvgIpc) is 1.53. The lowest BCUT2D eigenvalue weighted by molar-refractivity contribution is -0.125. The zero-order valence-electron chi connectivity index (χ0n) is 59.6. The van der Waals surface area contributed by atoms with Crippen LogP contribution in [-0.2, 0) is 9.59 Å². The average molecular weight is 1650 g/mol. The minimum atomic E-state index is -1.57. The lowest BCUT2D eigenvalue weighted by Gasteiger charge is -2.49. The standard InChI is InChI=1S/C40H53F3N4O4.C38H49F3N4O4.I2/c1-3-4-5-6-7-8-9-10-11-12-13-14-15-16-17-18-35(48)44-34-21-27-24-46(26-40(27,34)2)38-32(43)23-29-36(49)30(39(50)51)25-47(37(29)45-38)33-20-19-28(41)22-31(33)42;1-3-4-5-6-7-8-9-10-11-12-13-14-15-16-33(46)42-32-19-25-22-44(24-38(25,32)2)36-30(41)21-27-34(47)28(37(48)49)23-45(35(27)43-36)31-18-17-26(39)20-29(31)40;1-2/h19-20,22-23,25,27,34H,3-18,21,24,26H2,1-2H3,(H,44,48)(H,50,51);17-18,20-21,23,25,32H,3-16,19,22,24H2,1-2H3,(H,42,46)(H,48,49);. The number of fused-ring (bicyclic) bond motifs is 4. The van der Waals surface area contributed by atoms with Gasteiger partial charge in [-0.3, -0.25) is 28.3 Å². The van der Waals surface area contributed by atoms with Crippen molar-refractivity contribution in [1.82, 2.24) is 29.7 Å². The topological polar surface area (TPSA) is 209 Å². The molecule has 0 bridgehead atoms. The van der Waals surface area contributed by atoms with Crippen LogP contribution in [0.15, 0.2) is 70.5 Å². The zero-order valence-corrected chi connectivity index (χ0v) is 63.9. The number of nitrogens with one attached hydrogen (secondary N) is 2. The van der Waals surface area contributed by atoms with E-state index in [1.807, 2.05) is 0 Å². The van der Waals surface area contributed by atoms with E-state index < -0.39 is 68.8 Å². The van der Waals surface area contributed by atoms with Crippen molar-refractivity contribution in [1.29, 1.82) is 0 Å². The van der Waals surface area contributed by atoms with Crippen LogP contribution in [0.2, 0.25) is 0 Å². The van der Waals surface area contributed by atoms with E-state index in [2.05, 4.69) is 85.5 Å². The Labute approximate surface area is 618 Å². The van der Waals surface area contributed by atoms with E-state index in [9.17, 15) is 56.5 Å². The molecule has 6 heterocycles. The molecule has 0 radical (unpaired) electrons. The number of anilines is 2. The number of aromatic carboxylic acids is 2. The normalized spacial score (nSPS) is 19.5. The van der Waals surface area contributed by atoms with Gasteiger partial charge < -0.3 is 30.6 Å². The molecule has 6 unspecified atom stereocenters. The number of benzene rings is 2. The Morgan fingerprint density at radius 3 is 1.07 bits per heavy atom. The van der Waals surface area contributed by atoms with Gasteiger partial charge in [0.25, 0.3) is 0 Å². The number of nitrogens with zero attached hydrogens (tertiary/aromatic N) is 6. The highest BCUT2D eigenvalue weighted by Gasteiger charge is 2.59. The molecule has 4 N–H and O–H groups in total. The highest BCUT2D eigenvalue weighted by molar-refractivity contribution is 15.0. The Balaban J connectivity index is 0.000000253. The summed E-state index contributed by atoms with van der Waals surface area (Å²) in [6, 6.07) is 7.22. The predicted octanol–water partition coefficient (Wildman–Crippen LogP) is 19.2. The highest BCUT2D eigenvalue weighted by Crippen LogP contribution is 2.54. The van der Waals surface area contributed by atoms with Gasteiger partial charge in [-0.05, 0) is 73.9 Å². The number of amides is 2. The summed E-state index contributed by atoms with van der Waals surface area (Å²) < 4.78 is 90.5. The molecule has 4 aromatic heterocycles. The predicted molar refractivity (Wildman–Crippen MR) is 407 cm³/mol. The van der Waals surface area contributed by atoms with Crippen molar-refractivity contribution in [2.45, 2.75) is 245 Å². The zero-order chi connectivity index (χ0) is 73.7. The summed E-state index contributed by atoms with van der Waals surface area (Å²) in [5, 5.41) is 25.0. The van der Waals surface area contributed by atoms with Gasteiger partial charge in [0, 0.05) is 124 Å². The molecule has 0 spiro atoms. The number of rotatable bonds is 38. The molecule has 24 heteroatoms.